The lowest BCUT2D eigenvalue weighted by molar-refractivity contribution is -0.120. The maximum absolute atomic E-state index is 10.5. The van der Waals surface area contributed by atoms with E-state index in [-0.39, 0.29) is 18.4 Å². The number of carbonyl (C=O) groups is 2. The summed E-state index contributed by atoms with van der Waals surface area (Å²) in [5.41, 5.74) is 4.63. The second-order valence-corrected chi connectivity index (χ2v) is 1.72. The van der Waals surface area contributed by atoms with Gasteiger partial charge in [-0.3, -0.25) is 15.0 Å². The quantitative estimate of drug-likeness (QED) is 0.345. The van der Waals surface area contributed by atoms with Gasteiger partial charge in [-0.2, -0.15) is 0 Å². The molecule has 2 amide bonds. The molecule has 0 saturated carbocycles. The van der Waals surface area contributed by atoms with E-state index in [2.05, 4.69) is 22.7 Å². The van der Waals surface area contributed by atoms with E-state index in [0.717, 1.165) is 6.08 Å². The second-order valence-electron chi connectivity index (χ2n) is 1.72. The average molecular weight is 157 g/mol. The summed E-state index contributed by atoms with van der Waals surface area (Å²) in [6.45, 7) is 3.28. The Morgan fingerprint density at radius 2 is 2.18 bits per heavy atom. The monoisotopic (exact) mass is 157 g/mol. The highest BCUT2D eigenvalue weighted by molar-refractivity contribution is 5.86. The average Bonchev–Trinajstić information content (AvgIpc) is 2.04. The topological polar surface area (TPSA) is 70.2 Å². The minimum atomic E-state index is -0.367. The molecule has 11 heavy (non-hydrogen) atoms. The molecular formula is C6H11N3O2. The number of hydrazine groups is 1. The molecule has 0 unspecified atom stereocenters. The van der Waals surface area contributed by atoms with E-state index in [1.807, 2.05) is 0 Å². The van der Waals surface area contributed by atoms with Gasteiger partial charge in [-0.15, -0.1) is 0 Å². The van der Waals surface area contributed by atoms with Crippen molar-refractivity contribution < 1.29 is 9.59 Å². The highest BCUT2D eigenvalue weighted by Crippen LogP contribution is 1.61. The summed E-state index contributed by atoms with van der Waals surface area (Å²) in [5, 5.41) is 2.38. The van der Waals surface area contributed by atoms with Crippen LogP contribution in [0, 0.1) is 0 Å². The maximum atomic E-state index is 10.5. The molecule has 0 saturated heterocycles. The van der Waals surface area contributed by atoms with Crippen molar-refractivity contribution in [3.63, 3.8) is 0 Å². The normalized spacial score (nSPS) is 8.45. The number of amides is 2. The third-order valence-corrected chi connectivity index (χ3v) is 0.925. The van der Waals surface area contributed by atoms with Gasteiger partial charge in [-0.25, -0.2) is 5.43 Å². The second kappa shape index (κ2) is 5.43. The van der Waals surface area contributed by atoms with Crippen LogP contribution >= 0.6 is 0 Å². The third kappa shape index (κ3) is 5.10. The Hall–Kier alpha value is -1.36. The largest absolute Gasteiger partial charge is 0.358 e. The number of hydrogen-bond acceptors (Lipinski definition) is 3. The van der Waals surface area contributed by atoms with Gasteiger partial charge in [0.05, 0.1) is 6.54 Å². The summed E-state index contributed by atoms with van der Waals surface area (Å²) in [6, 6.07) is 0. The minimum absolute atomic E-state index is 0.0517. The Balaban J connectivity index is 3.34. The first-order valence-electron chi connectivity index (χ1n) is 3.06. The molecule has 0 spiro atoms. The lowest BCUT2D eigenvalue weighted by atomic mass is 10.6. The van der Waals surface area contributed by atoms with Crippen LogP contribution in [-0.2, 0) is 9.59 Å². The molecule has 0 aromatic rings. The summed E-state index contributed by atoms with van der Waals surface area (Å²) in [6.07, 6.45) is 1.11. The molecule has 0 aliphatic heterocycles. The fraction of sp³-hybridized carbons (Fsp3) is 0.333. The van der Waals surface area contributed by atoms with Crippen LogP contribution in [0.15, 0.2) is 12.7 Å². The Morgan fingerprint density at radius 3 is 2.64 bits per heavy atom. The van der Waals surface area contributed by atoms with E-state index in [9.17, 15) is 9.59 Å². The number of carbonyl (C=O) groups excluding carboxylic acids is 2. The fourth-order valence-electron chi connectivity index (χ4n) is 0.351. The highest BCUT2D eigenvalue weighted by Gasteiger charge is 1.96. The van der Waals surface area contributed by atoms with Crippen molar-refractivity contribution in [2.45, 2.75) is 0 Å². The van der Waals surface area contributed by atoms with Crippen molar-refractivity contribution in [2.24, 2.45) is 0 Å². The molecule has 0 rings (SSSR count). The van der Waals surface area contributed by atoms with Crippen LogP contribution in [0.5, 0.6) is 0 Å². The van der Waals surface area contributed by atoms with Gasteiger partial charge in [0.1, 0.15) is 0 Å². The van der Waals surface area contributed by atoms with Crippen LogP contribution < -0.4 is 16.2 Å². The van der Waals surface area contributed by atoms with Gasteiger partial charge >= 0.3 is 0 Å². The van der Waals surface area contributed by atoms with Gasteiger partial charge in [0.15, 0.2) is 0 Å². The Bertz CT molecular complexity index is 167. The van der Waals surface area contributed by atoms with Crippen molar-refractivity contribution in [1.82, 2.24) is 16.2 Å². The van der Waals surface area contributed by atoms with Gasteiger partial charge in [0.25, 0.3) is 5.91 Å². The molecule has 3 N–H and O–H groups in total. The molecule has 0 radical (unpaired) electrons. The molecule has 62 valence electrons. The molecule has 0 heterocycles. The number of likely N-dealkylation sites (N-methyl/N-ethyl adjacent to an activating group) is 1. The SMILES string of the molecule is C=CC(=O)NNCC(=O)NC. The van der Waals surface area contributed by atoms with Crippen molar-refractivity contribution in [1.29, 1.82) is 0 Å². The molecule has 0 aliphatic carbocycles. The van der Waals surface area contributed by atoms with E-state index in [1.54, 1.807) is 0 Å². The first-order valence-corrected chi connectivity index (χ1v) is 3.06. The van der Waals surface area contributed by atoms with Crippen LogP contribution in [0.1, 0.15) is 0 Å². The van der Waals surface area contributed by atoms with Gasteiger partial charge in [0.2, 0.25) is 5.91 Å². The van der Waals surface area contributed by atoms with E-state index in [1.165, 1.54) is 7.05 Å². The number of hydrogen-bond donors (Lipinski definition) is 3. The summed E-state index contributed by atoms with van der Waals surface area (Å²) < 4.78 is 0. The molecule has 0 aromatic heterocycles. The standard InChI is InChI=1S/C6H11N3O2/c1-3-5(10)9-8-4-6(11)7-2/h3,8H,1,4H2,2H3,(H,7,11)(H,9,10). The predicted octanol–water partition coefficient (Wildman–Crippen LogP) is -1.46. The zero-order valence-corrected chi connectivity index (χ0v) is 6.31. The molecule has 5 heteroatoms. The van der Waals surface area contributed by atoms with E-state index < -0.39 is 0 Å². The van der Waals surface area contributed by atoms with Gasteiger partial charge in [0, 0.05) is 7.05 Å². The third-order valence-electron chi connectivity index (χ3n) is 0.925. The van der Waals surface area contributed by atoms with Crippen LogP contribution in [0.2, 0.25) is 0 Å². The summed E-state index contributed by atoms with van der Waals surface area (Å²) in [5.74, 6) is -0.566. The summed E-state index contributed by atoms with van der Waals surface area (Å²) in [4.78, 5) is 21.0. The highest BCUT2D eigenvalue weighted by atomic mass is 16.2. The lowest BCUT2D eigenvalue weighted by Crippen LogP contribution is -2.42. The zero-order valence-electron chi connectivity index (χ0n) is 6.31. The lowest BCUT2D eigenvalue weighted by Gasteiger charge is -2.02. The summed E-state index contributed by atoms with van der Waals surface area (Å²) in [7, 11) is 1.51. The fourth-order valence-corrected chi connectivity index (χ4v) is 0.351. The molecular weight excluding hydrogens is 146 g/mol. The molecule has 0 atom stereocenters. The first-order chi connectivity index (χ1) is 5.20. The Kier molecular flexibility index (Phi) is 4.76. The van der Waals surface area contributed by atoms with Crippen molar-refractivity contribution in [2.75, 3.05) is 13.6 Å². The number of rotatable bonds is 4. The van der Waals surface area contributed by atoms with Crippen LogP contribution in [-0.4, -0.2) is 25.4 Å². The van der Waals surface area contributed by atoms with Crippen LogP contribution in [0.25, 0.3) is 0 Å². The molecule has 0 fully saturated rings. The van der Waals surface area contributed by atoms with E-state index >= 15 is 0 Å². The van der Waals surface area contributed by atoms with Gasteiger partial charge in [-0.1, -0.05) is 6.58 Å². The Morgan fingerprint density at radius 1 is 1.55 bits per heavy atom. The van der Waals surface area contributed by atoms with Gasteiger partial charge in [-0.05, 0) is 6.08 Å². The molecule has 5 nitrogen and oxygen atoms in total. The predicted molar refractivity (Wildman–Crippen MR) is 40.4 cm³/mol. The smallest absolute Gasteiger partial charge is 0.257 e. The first kappa shape index (κ1) is 9.64. The molecule has 0 aliphatic rings. The zero-order chi connectivity index (χ0) is 8.69. The van der Waals surface area contributed by atoms with Crippen LogP contribution in [0.4, 0.5) is 0 Å². The molecule has 0 aromatic carbocycles. The van der Waals surface area contributed by atoms with Gasteiger partial charge < -0.3 is 5.32 Å². The van der Waals surface area contributed by atoms with Crippen molar-refractivity contribution in [3.05, 3.63) is 12.7 Å². The number of nitrogens with one attached hydrogen (secondary N) is 3. The van der Waals surface area contributed by atoms with Crippen LogP contribution in [0.3, 0.4) is 0 Å². The van der Waals surface area contributed by atoms with E-state index in [0.29, 0.717) is 0 Å². The van der Waals surface area contributed by atoms with Crippen molar-refractivity contribution in [3.8, 4) is 0 Å². The van der Waals surface area contributed by atoms with E-state index in [4.69, 9.17) is 0 Å². The molecule has 0 bridgehead atoms. The maximum Gasteiger partial charge on any atom is 0.257 e. The summed E-state index contributed by atoms with van der Waals surface area (Å²) >= 11 is 0. The van der Waals surface area contributed by atoms with Crippen molar-refractivity contribution >= 4 is 11.8 Å². The minimum Gasteiger partial charge on any atom is -0.358 e. The Labute approximate surface area is 64.8 Å².